The highest BCUT2D eigenvalue weighted by molar-refractivity contribution is 9.10. The number of rotatable bonds is 6. The van der Waals surface area contributed by atoms with Crippen LogP contribution in [-0.2, 0) is 11.3 Å². The summed E-state index contributed by atoms with van der Waals surface area (Å²) in [6, 6.07) is 3.11. The summed E-state index contributed by atoms with van der Waals surface area (Å²) in [5.41, 5.74) is -0.141. The van der Waals surface area contributed by atoms with Gasteiger partial charge in [-0.25, -0.2) is 0 Å². The molecule has 0 fully saturated rings. The fourth-order valence-electron chi connectivity index (χ4n) is 1.44. The molecule has 2 N–H and O–H groups in total. The molecule has 1 heterocycles. The van der Waals surface area contributed by atoms with Crippen molar-refractivity contribution in [3.05, 3.63) is 33.2 Å². The average Bonchev–Trinajstić information content (AvgIpc) is 2.36. The fraction of sp³-hybridized carbons (Fsp3) is 0.538. The third kappa shape index (κ3) is 5.57. The molecular formula is C13H19BrN2O3. The Morgan fingerprint density at radius 3 is 2.79 bits per heavy atom. The molecule has 0 aromatic carbocycles. The number of carbonyl (C=O) groups excluding carboxylic acids is 1. The number of aliphatic hydroxyl groups is 1. The van der Waals surface area contributed by atoms with Gasteiger partial charge >= 0.3 is 0 Å². The van der Waals surface area contributed by atoms with Gasteiger partial charge in [-0.15, -0.1) is 0 Å². The van der Waals surface area contributed by atoms with Gasteiger partial charge in [0, 0.05) is 36.2 Å². The van der Waals surface area contributed by atoms with Crippen molar-refractivity contribution < 1.29 is 9.90 Å². The van der Waals surface area contributed by atoms with E-state index in [2.05, 4.69) is 21.2 Å². The zero-order chi connectivity index (χ0) is 14.4. The molecule has 1 unspecified atom stereocenters. The number of pyridine rings is 1. The van der Waals surface area contributed by atoms with Gasteiger partial charge in [0.25, 0.3) is 5.56 Å². The summed E-state index contributed by atoms with van der Waals surface area (Å²) in [5.74, 6) is -0.0698. The third-order valence-corrected chi connectivity index (χ3v) is 3.27. The van der Waals surface area contributed by atoms with E-state index in [4.69, 9.17) is 0 Å². The molecule has 1 aromatic rings. The van der Waals surface area contributed by atoms with Crippen LogP contribution >= 0.6 is 15.9 Å². The van der Waals surface area contributed by atoms with Gasteiger partial charge in [-0.2, -0.15) is 0 Å². The summed E-state index contributed by atoms with van der Waals surface area (Å²) in [6.45, 7) is 4.33. The van der Waals surface area contributed by atoms with Crippen LogP contribution in [0.4, 0.5) is 0 Å². The summed E-state index contributed by atoms with van der Waals surface area (Å²) >= 11 is 3.28. The zero-order valence-electron chi connectivity index (χ0n) is 11.1. The molecule has 19 heavy (non-hydrogen) atoms. The first-order valence-electron chi connectivity index (χ1n) is 6.21. The van der Waals surface area contributed by atoms with Gasteiger partial charge in [0.2, 0.25) is 5.91 Å². The van der Waals surface area contributed by atoms with Crippen LogP contribution in [0.25, 0.3) is 0 Å². The summed E-state index contributed by atoms with van der Waals surface area (Å²) < 4.78 is 2.27. The molecule has 0 aliphatic carbocycles. The van der Waals surface area contributed by atoms with Crippen LogP contribution in [0.3, 0.4) is 0 Å². The molecule has 5 nitrogen and oxygen atoms in total. The van der Waals surface area contributed by atoms with Crippen molar-refractivity contribution in [2.75, 3.05) is 6.54 Å². The number of nitrogens with zero attached hydrogens (tertiary/aromatic N) is 1. The molecule has 0 aliphatic heterocycles. The monoisotopic (exact) mass is 330 g/mol. The minimum atomic E-state index is -0.544. The number of carbonyl (C=O) groups is 1. The largest absolute Gasteiger partial charge is 0.391 e. The fourth-order valence-corrected chi connectivity index (χ4v) is 1.82. The van der Waals surface area contributed by atoms with Crippen LogP contribution in [0, 0.1) is 5.92 Å². The number of aromatic nitrogens is 1. The lowest BCUT2D eigenvalue weighted by molar-refractivity contribution is -0.121. The second-order valence-electron chi connectivity index (χ2n) is 4.74. The van der Waals surface area contributed by atoms with E-state index < -0.39 is 6.10 Å². The predicted molar refractivity (Wildman–Crippen MR) is 76.9 cm³/mol. The summed E-state index contributed by atoms with van der Waals surface area (Å²) in [5, 5.41) is 12.2. The first-order valence-corrected chi connectivity index (χ1v) is 7.00. The highest BCUT2D eigenvalue weighted by Gasteiger charge is 2.10. The average molecular weight is 331 g/mol. The minimum Gasteiger partial charge on any atom is -0.391 e. The molecule has 0 saturated heterocycles. The molecule has 0 spiro atoms. The zero-order valence-corrected chi connectivity index (χ0v) is 12.7. The Bertz CT molecular complexity index is 485. The van der Waals surface area contributed by atoms with Crippen molar-refractivity contribution in [1.29, 1.82) is 0 Å². The van der Waals surface area contributed by atoms with Gasteiger partial charge in [0.15, 0.2) is 0 Å². The lowest BCUT2D eigenvalue weighted by Crippen LogP contribution is -2.35. The maximum Gasteiger partial charge on any atom is 0.250 e. The molecule has 0 bridgehead atoms. The number of hydrogen-bond donors (Lipinski definition) is 2. The smallest absolute Gasteiger partial charge is 0.250 e. The molecule has 106 valence electrons. The number of halogens is 1. The van der Waals surface area contributed by atoms with Gasteiger partial charge in [0.05, 0.1) is 6.10 Å². The van der Waals surface area contributed by atoms with Crippen molar-refractivity contribution in [3.8, 4) is 0 Å². The van der Waals surface area contributed by atoms with E-state index in [0.29, 0.717) is 6.54 Å². The van der Waals surface area contributed by atoms with Gasteiger partial charge in [-0.3, -0.25) is 9.59 Å². The van der Waals surface area contributed by atoms with Crippen molar-refractivity contribution in [1.82, 2.24) is 9.88 Å². The molecule has 1 atom stereocenters. The molecule has 1 aromatic heterocycles. The van der Waals surface area contributed by atoms with Crippen LogP contribution in [0.5, 0.6) is 0 Å². The molecule has 0 saturated carbocycles. The van der Waals surface area contributed by atoms with Gasteiger partial charge < -0.3 is 15.0 Å². The first-order chi connectivity index (χ1) is 8.90. The molecule has 1 rings (SSSR count). The SMILES string of the molecule is CC(C)C(O)CNC(=O)CCn1cc(Br)ccc1=O. The van der Waals surface area contributed by atoms with Gasteiger partial charge in [-0.05, 0) is 27.9 Å². The Hall–Kier alpha value is -1.14. The van der Waals surface area contributed by atoms with E-state index in [1.165, 1.54) is 10.6 Å². The van der Waals surface area contributed by atoms with Crippen molar-refractivity contribution in [2.45, 2.75) is 32.9 Å². The molecular weight excluding hydrogens is 312 g/mol. The Labute approximate surface area is 120 Å². The maximum atomic E-state index is 11.6. The van der Waals surface area contributed by atoms with E-state index in [1.807, 2.05) is 13.8 Å². The quantitative estimate of drug-likeness (QED) is 0.821. The van der Waals surface area contributed by atoms with E-state index in [-0.39, 0.29) is 30.3 Å². The number of amides is 1. The number of nitrogens with one attached hydrogen (secondary N) is 1. The number of aryl methyl sites for hydroxylation is 1. The molecule has 6 heteroatoms. The van der Waals surface area contributed by atoms with Crippen LogP contribution in [0.1, 0.15) is 20.3 Å². The van der Waals surface area contributed by atoms with Crippen LogP contribution in [0.2, 0.25) is 0 Å². The maximum absolute atomic E-state index is 11.6. The van der Waals surface area contributed by atoms with E-state index in [0.717, 1.165) is 4.47 Å². The van der Waals surface area contributed by atoms with Crippen LogP contribution < -0.4 is 10.9 Å². The number of aliphatic hydroxyl groups excluding tert-OH is 1. The van der Waals surface area contributed by atoms with E-state index in [9.17, 15) is 14.7 Å². The minimum absolute atomic E-state index is 0.105. The summed E-state index contributed by atoms with van der Waals surface area (Å²) in [6.07, 6.45) is 1.32. The Morgan fingerprint density at radius 2 is 2.16 bits per heavy atom. The Balaban J connectivity index is 2.42. The Kier molecular flexibility index (Phi) is 6.24. The topological polar surface area (TPSA) is 71.3 Å². The number of hydrogen-bond acceptors (Lipinski definition) is 3. The lowest BCUT2D eigenvalue weighted by Gasteiger charge is -2.15. The molecule has 1 amide bonds. The van der Waals surface area contributed by atoms with Crippen molar-refractivity contribution in [3.63, 3.8) is 0 Å². The van der Waals surface area contributed by atoms with E-state index >= 15 is 0 Å². The first kappa shape index (κ1) is 15.9. The predicted octanol–water partition coefficient (Wildman–Crippen LogP) is 1.13. The van der Waals surface area contributed by atoms with Crippen molar-refractivity contribution in [2.24, 2.45) is 5.92 Å². The van der Waals surface area contributed by atoms with Crippen LogP contribution in [0.15, 0.2) is 27.6 Å². The molecule has 0 radical (unpaired) electrons. The van der Waals surface area contributed by atoms with Crippen molar-refractivity contribution >= 4 is 21.8 Å². The Morgan fingerprint density at radius 1 is 1.47 bits per heavy atom. The second kappa shape index (κ2) is 7.45. The van der Waals surface area contributed by atoms with E-state index in [1.54, 1.807) is 12.3 Å². The third-order valence-electron chi connectivity index (χ3n) is 2.81. The summed E-state index contributed by atoms with van der Waals surface area (Å²) in [7, 11) is 0. The standard InChI is InChI=1S/C13H19BrN2O3/c1-9(2)11(17)7-15-12(18)5-6-16-8-10(14)3-4-13(16)19/h3-4,8-9,11,17H,5-7H2,1-2H3,(H,15,18). The highest BCUT2D eigenvalue weighted by Crippen LogP contribution is 2.05. The van der Waals surface area contributed by atoms with Gasteiger partial charge in [-0.1, -0.05) is 13.8 Å². The highest BCUT2D eigenvalue weighted by atomic mass is 79.9. The van der Waals surface area contributed by atoms with Gasteiger partial charge in [0.1, 0.15) is 0 Å². The lowest BCUT2D eigenvalue weighted by atomic mass is 10.1. The summed E-state index contributed by atoms with van der Waals surface area (Å²) in [4.78, 5) is 23.1. The molecule has 0 aliphatic rings. The van der Waals surface area contributed by atoms with Crippen LogP contribution in [-0.4, -0.2) is 28.2 Å². The second-order valence-corrected chi connectivity index (χ2v) is 5.66. The normalized spacial score (nSPS) is 12.5.